The molecular weight excluding hydrogens is 372 g/mol. The molecule has 1 aromatic carbocycles. The number of hydrogen-bond acceptors (Lipinski definition) is 2. The molecule has 7 heteroatoms. The highest BCUT2D eigenvalue weighted by Crippen LogP contribution is 2.43. The Kier molecular flexibility index (Phi) is 4.79. The zero-order chi connectivity index (χ0) is 17.6. The van der Waals surface area contributed by atoms with Crippen LogP contribution in [-0.2, 0) is 9.31 Å². The van der Waals surface area contributed by atoms with Crippen LogP contribution in [-0.4, -0.2) is 24.2 Å². The lowest BCUT2D eigenvalue weighted by molar-refractivity contribution is 0.00578. The molecule has 2 rings (SSSR count). The predicted molar refractivity (Wildman–Crippen MR) is 88.9 cm³/mol. The molecule has 1 fully saturated rings. The highest BCUT2D eigenvalue weighted by Gasteiger charge is 2.54. The molecule has 0 saturated carbocycles. The lowest BCUT2D eigenvalue weighted by atomic mass is 9.81. The zero-order valence-corrected chi connectivity index (χ0v) is 15.3. The van der Waals surface area contributed by atoms with Crippen LogP contribution >= 0.6 is 15.9 Å². The van der Waals surface area contributed by atoms with Gasteiger partial charge in [-0.1, -0.05) is 28.1 Å². The van der Waals surface area contributed by atoms with Crippen molar-refractivity contribution in [3.05, 3.63) is 40.0 Å². The molecule has 2 nitrogen and oxygen atoms in total. The molecule has 0 atom stereocenters. The molecule has 1 aromatic rings. The van der Waals surface area contributed by atoms with Crippen LogP contribution in [0.2, 0.25) is 0 Å². The van der Waals surface area contributed by atoms with Crippen molar-refractivity contribution in [2.45, 2.75) is 51.7 Å². The second-order valence-corrected chi connectivity index (χ2v) is 7.62. The summed E-state index contributed by atoms with van der Waals surface area (Å²) in [4.78, 5) is 0. The van der Waals surface area contributed by atoms with Gasteiger partial charge in [0, 0.05) is 11.4 Å². The Labute approximate surface area is 143 Å². The lowest BCUT2D eigenvalue weighted by Gasteiger charge is -2.32. The average Bonchev–Trinajstić information content (AvgIpc) is 2.59. The van der Waals surface area contributed by atoms with E-state index in [2.05, 4.69) is 15.9 Å². The molecule has 0 unspecified atom stereocenters. The summed E-state index contributed by atoms with van der Waals surface area (Å²) in [6.07, 6.45) is 0. The van der Waals surface area contributed by atoms with Crippen molar-refractivity contribution in [2.75, 3.05) is 0 Å². The van der Waals surface area contributed by atoms with E-state index in [9.17, 15) is 13.2 Å². The molecule has 0 aliphatic carbocycles. The van der Waals surface area contributed by atoms with Crippen molar-refractivity contribution in [1.82, 2.24) is 0 Å². The Hall–Kier alpha value is -0.785. The van der Waals surface area contributed by atoms with Gasteiger partial charge in [0.1, 0.15) is 5.73 Å². The van der Waals surface area contributed by atoms with Gasteiger partial charge in [-0.05, 0) is 45.4 Å². The fourth-order valence-corrected chi connectivity index (χ4v) is 2.55. The molecule has 0 N–H and O–H groups in total. The molecule has 0 spiro atoms. The number of benzene rings is 1. The molecule has 1 aliphatic rings. The van der Waals surface area contributed by atoms with Crippen LogP contribution in [0, 0.1) is 0 Å². The summed E-state index contributed by atoms with van der Waals surface area (Å²) < 4.78 is 54.8. The lowest BCUT2D eigenvalue weighted by Crippen LogP contribution is -2.41. The summed E-state index contributed by atoms with van der Waals surface area (Å²) in [6.45, 7) is 7.62. The predicted octanol–water partition coefficient (Wildman–Crippen LogP) is 5.42. The summed E-state index contributed by atoms with van der Waals surface area (Å²) in [7, 11) is -1.45. The second-order valence-electron chi connectivity index (χ2n) is 6.71. The quantitative estimate of drug-likeness (QED) is 0.642. The van der Waals surface area contributed by atoms with Crippen LogP contribution in [0.5, 0.6) is 0 Å². The third kappa shape index (κ3) is 3.67. The fraction of sp³-hybridized carbons (Fsp3) is 0.500. The van der Waals surface area contributed by atoms with Crippen LogP contribution in [0.15, 0.2) is 34.5 Å². The van der Waals surface area contributed by atoms with E-state index >= 15 is 0 Å². The summed E-state index contributed by atoms with van der Waals surface area (Å²) in [5.74, 6) is -3.37. The van der Waals surface area contributed by atoms with Crippen LogP contribution < -0.4 is 0 Å². The number of hydrogen-bond donors (Lipinski definition) is 0. The maximum atomic E-state index is 14.9. The van der Waals surface area contributed by atoms with Gasteiger partial charge in [0.05, 0.1) is 16.8 Å². The van der Waals surface area contributed by atoms with Crippen molar-refractivity contribution >= 4 is 28.6 Å². The Morgan fingerprint density at radius 3 is 1.87 bits per heavy atom. The highest BCUT2D eigenvalue weighted by molar-refractivity contribution is 9.10. The van der Waals surface area contributed by atoms with Crippen molar-refractivity contribution < 1.29 is 22.5 Å². The third-order valence-electron chi connectivity index (χ3n) is 4.27. The first-order valence-electron chi connectivity index (χ1n) is 7.25. The largest absolute Gasteiger partial charge is 0.525 e. The van der Waals surface area contributed by atoms with E-state index in [4.69, 9.17) is 9.31 Å². The van der Waals surface area contributed by atoms with Gasteiger partial charge < -0.3 is 9.31 Å². The molecule has 1 aliphatic heterocycles. The standard InChI is InChI=1S/C16H19BBrF3O2/c1-14(2)15(3,4)23-17(22-14)13(19)12(16(5,20)21)10-6-8-11(18)9-7-10/h6-9H,1-5H3. The summed E-state index contributed by atoms with van der Waals surface area (Å²) in [6, 6.07) is 6.03. The maximum absolute atomic E-state index is 14.9. The van der Waals surface area contributed by atoms with Gasteiger partial charge in [0.2, 0.25) is 0 Å². The van der Waals surface area contributed by atoms with Gasteiger partial charge in [-0.3, -0.25) is 0 Å². The van der Waals surface area contributed by atoms with E-state index < -0.39 is 35.5 Å². The van der Waals surface area contributed by atoms with Gasteiger partial charge >= 0.3 is 7.12 Å². The van der Waals surface area contributed by atoms with E-state index in [0.717, 1.165) is 4.47 Å². The van der Waals surface area contributed by atoms with Crippen LogP contribution in [0.3, 0.4) is 0 Å². The maximum Gasteiger partial charge on any atom is 0.525 e. The van der Waals surface area contributed by atoms with E-state index in [1.54, 1.807) is 39.8 Å². The van der Waals surface area contributed by atoms with Gasteiger partial charge in [0.15, 0.2) is 0 Å². The second kappa shape index (κ2) is 5.94. The molecule has 23 heavy (non-hydrogen) atoms. The molecule has 0 bridgehead atoms. The Bertz CT molecular complexity index is 605. The molecule has 1 heterocycles. The Balaban J connectivity index is 2.50. The summed E-state index contributed by atoms with van der Waals surface area (Å²) >= 11 is 3.23. The SMILES string of the molecule is CC(F)(F)C(=C(F)B1OC(C)(C)C(C)(C)O1)c1ccc(Br)cc1. The Morgan fingerprint density at radius 2 is 1.48 bits per heavy atom. The molecular formula is C16H19BBrF3O2. The van der Waals surface area contributed by atoms with Crippen molar-refractivity contribution in [1.29, 1.82) is 0 Å². The van der Waals surface area contributed by atoms with Crippen LogP contribution in [0.4, 0.5) is 13.2 Å². The zero-order valence-electron chi connectivity index (χ0n) is 13.7. The number of alkyl halides is 2. The van der Waals surface area contributed by atoms with Crippen LogP contribution in [0.25, 0.3) is 5.57 Å². The molecule has 0 radical (unpaired) electrons. The summed E-state index contributed by atoms with van der Waals surface area (Å²) in [5, 5.41) is 0. The first-order chi connectivity index (χ1) is 10.3. The van der Waals surface area contributed by atoms with E-state index in [0.29, 0.717) is 6.92 Å². The minimum absolute atomic E-state index is 0.0907. The number of allylic oxidation sites excluding steroid dienone is 1. The van der Waals surface area contributed by atoms with E-state index in [-0.39, 0.29) is 5.56 Å². The van der Waals surface area contributed by atoms with Gasteiger partial charge in [-0.25, -0.2) is 13.2 Å². The van der Waals surface area contributed by atoms with Gasteiger partial charge in [-0.2, -0.15) is 0 Å². The number of rotatable bonds is 3. The molecule has 126 valence electrons. The molecule has 1 saturated heterocycles. The van der Waals surface area contributed by atoms with Crippen LogP contribution in [0.1, 0.15) is 40.2 Å². The van der Waals surface area contributed by atoms with Gasteiger partial charge in [-0.15, -0.1) is 0 Å². The topological polar surface area (TPSA) is 18.5 Å². The number of halogens is 4. The highest BCUT2D eigenvalue weighted by atomic mass is 79.9. The van der Waals surface area contributed by atoms with Crippen molar-refractivity contribution in [3.63, 3.8) is 0 Å². The third-order valence-corrected chi connectivity index (χ3v) is 4.80. The Morgan fingerprint density at radius 1 is 1.04 bits per heavy atom. The smallest absolute Gasteiger partial charge is 0.398 e. The van der Waals surface area contributed by atoms with Gasteiger partial charge in [0.25, 0.3) is 5.92 Å². The molecule has 0 aromatic heterocycles. The van der Waals surface area contributed by atoms with Crippen molar-refractivity contribution in [3.8, 4) is 0 Å². The monoisotopic (exact) mass is 390 g/mol. The minimum atomic E-state index is -3.37. The van der Waals surface area contributed by atoms with Crippen molar-refractivity contribution in [2.24, 2.45) is 0 Å². The first kappa shape index (κ1) is 18.6. The average molecular weight is 391 g/mol. The normalized spacial score (nSPS) is 21.3. The molecule has 0 amide bonds. The first-order valence-corrected chi connectivity index (χ1v) is 8.04. The fourth-order valence-electron chi connectivity index (χ4n) is 2.28. The summed E-state index contributed by atoms with van der Waals surface area (Å²) in [5.41, 5.74) is -3.33. The van der Waals surface area contributed by atoms with E-state index in [1.807, 2.05) is 0 Å². The minimum Gasteiger partial charge on any atom is -0.398 e. The van der Waals surface area contributed by atoms with E-state index in [1.165, 1.54) is 12.1 Å².